The summed E-state index contributed by atoms with van der Waals surface area (Å²) in [5.74, 6) is 2.34. The molecule has 0 heterocycles. The van der Waals surface area contributed by atoms with E-state index in [0.717, 1.165) is 36.1 Å². The lowest BCUT2D eigenvalue weighted by Gasteiger charge is -2.12. The van der Waals surface area contributed by atoms with Crippen molar-refractivity contribution in [3.8, 4) is 0 Å². The molecule has 4 aliphatic carbocycles. The van der Waals surface area contributed by atoms with Crippen molar-refractivity contribution in [3.63, 3.8) is 0 Å². The molecule has 130 valence electrons. The van der Waals surface area contributed by atoms with Crippen LogP contribution in [0.1, 0.15) is 64.2 Å². The fourth-order valence-corrected chi connectivity index (χ4v) is 4.93. The third kappa shape index (κ3) is 3.37. The second-order valence-corrected chi connectivity index (χ2v) is 7.94. The summed E-state index contributed by atoms with van der Waals surface area (Å²) >= 11 is 0. The van der Waals surface area contributed by atoms with Crippen LogP contribution in [-0.2, 0) is 9.59 Å². The first-order valence-corrected chi connectivity index (χ1v) is 9.38. The molecule has 4 aliphatic rings. The molecule has 6 nitrogen and oxygen atoms in total. The van der Waals surface area contributed by atoms with E-state index >= 15 is 0 Å². The Morgan fingerprint density at radius 3 is 1.58 bits per heavy atom. The van der Waals surface area contributed by atoms with E-state index in [9.17, 15) is 9.59 Å². The summed E-state index contributed by atoms with van der Waals surface area (Å²) in [7, 11) is 0. The molecular weight excluding hydrogens is 304 g/mol. The van der Waals surface area contributed by atoms with Crippen molar-refractivity contribution in [2.45, 2.75) is 64.2 Å². The molecule has 4 fully saturated rings. The first-order chi connectivity index (χ1) is 11.7. The van der Waals surface area contributed by atoms with Gasteiger partial charge in [-0.15, -0.1) is 0 Å². The summed E-state index contributed by atoms with van der Waals surface area (Å²) in [5.41, 5.74) is 7.52. The van der Waals surface area contributed by atoms with E-state index in [0.29, 0.717) is 11.8 Å². The van der Waals surface area contributed by atoms with Gasteiger partial charge in [-0.1, -0.05) is 0 Å². The molecule has 0 aromatic heterocycles. The first kappa shape index (κ1) is 15.8. The SMILES string of the molecule is O=C(CCC(=O)N/N=C1/C[C@@H]2CC[C@H]1C2)N/N=C1/C[C@@H]2CC[C@@H]1C2. The number of carbonyl (C=O) groups is 2. The largest absolute Gasteiger partial charge is 0.273 e. The molecular formula is C18H26N4O2. The number of hydrazone groups is 2. The number of nitrogens with zero attached hydrogens (tertiary/aromatic N) is 2. The smallest absolute Gasteiger partial charge is 0.240 e. The van der Waals surface area contributed by atoms with E-state index in [-0.39, 0.29) is 24.7 Å². The highest BCUT2D eigenvalue weighted by atomic mass is 16.2. The Morgan fingerprint density at radius 2 is 1.25 bits per heavy atom. The molecule has 0 unspecified atom stereocenters. The Labute approximate surface area is 142 Å². The summed E-state index contributed by atoms with van der Waals surface area (Å²) in [6.07, 6.45) is 9.90. The molecule has 0 aromatic rings. The zero-order valence-corrected chi connectivity index (χ0v) is 14.1. The molecule has 24 heavy (non-hydrogen) atoms. The van der Waals surface area contributed by atoms with Crippen molar-refractivity contribution < 1.29 is 9.59 Å². The topological polar surface area (TPSA) is 82.9 Å². The standard InChI is InChI=1S/C18H26N4O2/c23-17(21-19-15-9-11-1-3-13(15)7-11)5-6-18(24)22-20-16-10-12-2-4-14(16)8-12/h11-14H,1-10H2,(H,21,23)(H,22,24)/b19-15-,20-16-/t11-,12-,13-,14+/m1/s1. The van der Waals surface area contributed by atoms with Gasteiger partial charge in [0.1, 0.15) is 0 Å². The molecule has 4 atom stereocenters. The maximum Gasteiger partial charge on any atom is 0.240 e. The van der Waals surface area contributed by atoms with E-state index in [1.54, 1.807) is 0 Å². The monoisotopic (exact) mass is 330 g/mol. The third-order valence-corrected chi connectivity index (χ3v) is 6.25. The van der Waals surface area contributed by atoms with Crippen LogP contribution in [0.3, 0.4) is 0 Å². The summed E-state index contributed by atoms with van der Waals surface area (Å²) in [5, 5.41) is 8.55. The van der Waals surface area contributed by atoms with Crippen LogP contribution in [0.4, 0.5) is 0 Å². The van der Waals surface area contributed by atoms with Gasteiger partial charge in [-0.2, -0.15) is 10.2 Å². The summed E-state index contributed by atoms with van der Waals surface area (Å²) < 4.78 is 0. The molecule has 2 amide bonds. The number of nitrogens with one attached hydrogen (secondary N) is 2. The van der Waals surface area contributed by atoms with Crippen molar-refractivity contribution in [1.29, 1.82) is 0 Å². The predicted octanol–water partition coefficient (Wildman–Crippen LogP) is 2.35. The summed E-state index contributed by atoms with van der Waals surface area (Å²) in [4.78, 5) is 23.7. The van der Waals surface area contributed by atoms with Gasteiger partial charge in [0.05, 0.1) is 0 Å². The quantitative estimate of drug-likeness (QED) is 0.759. The molecule has 0 aromatic carbocycles. The zero-order valence-electron chi connectivity index (χ0n) is 14.1. The Balaban J connectivity index is 1.17. The summed E-state index contributed by atoms with van der Waals surface area (Å²) in [6, 6.07) is 0. The first-order valence-electron chi connectivity index (χ1n) is 9.38. The van der Waals surface area contributed by atoms with Gasteiger partial charge in [0.2, 0.25) is 11.8 Å². The average Bonchev–Trinajstić information content (AvgIpc) is 3.36. The molecule has 4 bridgehead atoms. The highest BCUT2D eigenvalue weighted by Gasteiger charge is 2.37. The lowest BCUT2D eigenvalue weighted by Crippen LogP contribution is -2.25. The van der Waals surface area contributed by atoms with Gasteiger partial charge in [-0.3, -0.25) is 9.59 Å². The van der Waals surface area contributed by atoms with Gasteiger partial charge in [-0.05, 0) is 75.0 Å². The maximum atomic E-state index is 11.8. The number of hydrogen-bond donors (Lipinski definition) is 2. The fourth-order valence-electron chi connectivity index (χ4n) is 4.93. The summed E-state index contributed by atoms with van der Waals surface area (Å²) in [6.45, 7) is 0. The minimum Gasteiger partial charge on any atom is -0.273 e. The molecule has 4 rings (SSSR count). The van der Waals surface area contributed by atoms with Crippen molar-refractivity contribution in [3.05, 3.63) is 0 Å². The number of hydrogen-bond acceptors (Lipinski definition) is 4. The Morgan fingerprint density at radius 1 is 0.792 bits per heavy atom. The van der Waals surface area contributed by atoms with Crippen molar-refractivity contribution >= 4 is 23.2 Å². The third-order valence-electron chi connectivity index (χ3n) is 6.25. The van der Waals surface area contributed by atoms with Crippen molar-refractivity contribution in [1.82, 2.24) is 10.9 Å². The second kappa shape index (κ2) is 6.65. The minimum atomic E-state index is -0.187. The number of fused-ring (bicyclic) bond motifs is 4. The van der Waals surface area contributed by atoms with E-state index in [1.165, 1.54) is 38.5 Å². The van der Waals surface area contributed by atoms with Crippen molar-refractivity contribution in [2.24, 2.45) is 33.9 Å². The Kier molecular flexibility index (Phi) is 4.37. The number of rotatable bonds is 5. The Hall–Kier alpha value is -1.72. The van der Waals surface area contributed by atoms with Crippen molar-refractivity contribution in [2.75, 3.05) is 0 Å². The van der Waals surface area contributed by atoms with Crippen LogP contribution in [0.15, 0.2) is 10.2 Å². The van der Waals surface area contributed by atoms with Crippen LogP contribution in [0, 0.1) is 23.7 Å². The van der Waals surface area contributed by atoms with Gasteiger partial charge in [0.25, 0.3) is 0 Å². The van der Waals surface area contributed by atoms with Gasteiger partial charge >= 0.3 is 0 Å². The average molecular weight is 330 g/mol. The van der Waals surface area contributed by atoms with Crippen LogP contribution in [0.2, 0.25) is 0 Å². The lowest BCUT2D eigenvalue weighted by molar-refractivity contribution is -0.126. The molecule has 6 heteroatoms. The van der Waals surface area contributed by atoms with Gasteiger partial charge < -0.3 is 0 Å². The van der Waals surface area contributed by atoms with E-state index < -0.39 is 0 Å². The fraction of sp³-hybridized carbons (Fsp3) is 0.778. The number of amides is 2. The van der Waals surface area contributed by atoms with Crippen LogP contribution in [0.25, 0.3) is 0 Å². The molecule has 0 aliphatic heterocycles. The molecule has 0 spiro atoms. The van der Waals surface area contributed by atoms with E-state index in [2.05, 4.69) is 21.1 Å². The lowest BCUT2D eigenvalue weighted by atomic mass is 9.99. The van der Waals surface area contributed by atoms with E-state index in [4.69, 9.17) is 0 Å². The van der Waals surface area contributed by atoms with Gasteiger partial charge in [0.15, 0.2) is 0 Å². The second-order valence-electron chi connectivity index (χ2n) is 7.94. The zero-order chi connectivity index (χ0) is 16.5. The molecule has 0 radical (unpaired) electrons. The minimum absolute atomic E-state index is 0.160. The van der Waals surface area contributed by atoms with Crippen LogP contribution in [0.5, 0.6) is 0 Å². The molecule has 2 N–H and O–H groups in total. The van der Waals surface area contributed by atoms with Crippen LogP contribution >= 0.6 is 0 Å². The predicted molar refractivity (Wildman–Crippen MR) is 91.3 cm³/mol. The maximum absolute atomic E-state index is 11.8. The highest BCUT2D eigenvalue weighted by Crippen LogP contribution is 2.43. The van der Waals surface area contributed by atoms with Gasteiger partial charge in [-0.25, -0.2) is 10.9 Å². The van der Waals surface area contributed by atoms with Crippen LogP contribution in [-0.4, -0.2) is 23.2 Å². The Bertz CT molecular complexity index is 546. The molecule has 4 saturated carbocycles. The van der Waals surface area contributed by atoms with Gasteiger partial charge in [0, 0.05) is 24.3 Å². The highest BCUT2D eigenvalue weighted by molar-refractivity contribution is 5.92. The van der Waals surface area contributed by atoms with Crippen LogP contribution < -0.4 is 10.9 Å². The van der Waals surface area contributed by atoms with E-state index in [1.807, 2.05) is 0 Å². The molecule has 0 saturated heterocycles. The normalized spacial score (nSPS) is 36.7. The number of carbonyl (C=O) groups excluding carboxylic acids is 2.